The molecule has 0 aliphatic heterocycles. The van der Waals surface area contributed by atoms with Gasteiger partial charge in [-0.25, -0.2) is 4.98 Å². The van der Waals surface area contributed by atoms with Crippen LogP contribution >= 0.6 is 0 Å². The second kappa shape index (κ2) is 7.25. The third kappa shape index (κ3) is 5.15. The summed E-state index contributed by atoms with van der Waals surface area (Å²) in [5.74, 6) is 0.704. The Morgan fingerprint density at radius 1 is 1.41 bits per heavy atom. The predicted molar refractivity (Wildman–Crippen MR) is 70.4 cm³/mol. The standard InChI is InChI=1S/C13H23N3O/c1-11(14-2)12-6-7-13(15-10-12)17-9-5-8-16(3)4/h6-7,10-11,14H,5,8-9H2,1-4H3. The zero-order valence-corrected chi connectivity index (χ0v) is 11.2. The van der Waals surface area contributed by atoms with E-state index in [1.807, 2.05) is 19.3 Å². The first-order chi connectivity index (χ1) is 8.13. The number of nitrogens with zero attached hydrogens (tertiary/aromatic N) is 2. The number of aromatic nitrogens is 1. The molecular weight excluding hydrogens is 214 g/mol. The molecule has 1 rings (SSSR count). The van der Waals surface area contributed by atoms with Crippen molar-refractivity contribution in [1.82, 2.24) is 15.2 Å². The van der Waals surface area contributed by atoms with E-state index in [9.17, 15) is 0 Å². The Kier molecular flexibility index (Phi) is 5.94. The smallest absolute Gasteiger partial charge is 0.213 e. The first-order valence-corrected chi connectivity index (χ1v) is 6.04. The Morgan fingerprint density at radius 3 is 2.71 bits per heavy atom. The molecule has 1 N–H and O–H groups in total. The van der Waals surface area contributed by atoms with Crippen LogP contribution < -0.4 is 10.1 Å². The zero-order chi connectivity index (χ0) is 12.7. The van der Waals surface area contributed by atoms with Gasteiger partial charge in [0.25, 0.3) is 0 Å². The fourth-order valence-corrected chi connectivity index (χ4v) is 1.46. The van der Waals surface area contributed by atoms with Crippen LogP contribution in [-0.4, -0.2) is 44.2 Å². The molecule has 96 valence electrons. The van der Waals surface area contributed by atoms with Gasteiger partial charge in [0, 0.05) is 24.8 Å². The first-order valence-electron chi connectivity index (χ1n) is 6.04. The highest BCUT2D eigenvalue weighted by atomic mass is 16.5. The maximum Gasteiger partial charge on any atom is 0.213 e. The van der Waals surface area contributed by atoms with Gasteiger partial charge in [-0.3, -0.25) is 0 Å². The van der Waals surface area contributed by atoms with Crippen molar-refractivity contribution >= 4 is 0 Å². The van der Waals surface area contributed by atoms with Crippen molar-refractivity contribution in [2.24, 2.45) is 0 Å². The van der Waals surface area contributed by atoms with Crippen LogP contribution in [0.5, 0.6) is 5.88 Å². The topological polar surface area (TPSA) is 37.4 Å². The molecule has 4 heteroatoms. The molecule has 1 unspecified atom stereocenters. The number of hydrogen-bond donors (Lipinski definition) is 1. The maximum atomic E-state index is 5.57. The third-order valence-corrected chi connectivity index (χ3v) is 2.69. The lowest BCUT2D eigenvalue weighted by Crippen LogP contribution is -2.16. The summed E-state index contributed by atoms with van der Waals surface area (Å²) in [5.41, 5.74) is 1.17. The average Bonchev–Trinajstić information content (AvgIpc) is 2.34. The van der Waals surface area contributed by atoms with Crippen LogP contribution in [0.4, 0.5) is 0 Å². The van der Waals surface area contributed by atoms with E-state index < -0.39 is 0 Å². The Labute approximate surface area is 104 Å². The lowest BCUT2D eigenvalue weighted by atomic mass is 10.1. The van der Waals surface area contributed by atoms with Gasteiger partial charge in [0.15, 0.2) is 0 Å². The number of ether oxygens (including phenoxy) is 1. The normalized spacial score (nSPS) is 12.8. The highest BCUT2D eigenvalue weighted by Crippen LogP contribution is 2.13. The van der Waals surface area contributed by atoms with Gasteiger partial charge in [0.1, 0.15) is 0 Å². The molecular formula is C13H23N3O. The lowest BCUT2D eigenvalue weighted by molar-refractivity contribution is 0.273. The molecule has 0 aliphatic carbocycles. The second-order valence-corrected chi connectivity index (χ2v) is 4.45. The summed E-state index contributed by atoms with van der Waals surface area (Å²) >= 11 is 0. The summed E-state index contributed by atoms with van der Waals surface area (Å²) < 4.78 is 5.57. The molecule has 0 aromatic carbocycles. The quantitative estimate of drug-likeness (QED) is 0.732. The monoisotopic (exact) mass is 237 g/mol. The van der Waals surface area contributed by atoms with Gasteiger partial charge in [-0.05, 0) is 40.1 Å². The average molecular weight is 237 g/mol. The van der Waals surface area contributed by atoms with Gasteiger partial charge in [0.2, 0.25) is 5.88 Å². The molecule has 0 fully saturated rings. The SMILES string of the molecule is CNC(C)c1ccc(OCCCN(C)C)nc1. The van der Waals surface area contributed by atoms with Crippen molar-refractivity contribution in [2.75, 3.05) is 34.3 Å². The number of hydrogen-bond acceptors (Lipinski definition) is 4. The summed E-state index contributed by atoms with van der Waals surface area (Å²) in [7, 11) is 6.06. The predicted octanol–water partition coefficient (Wildman–Crippen LogP) is 1.69. The van der Waals surface area contributed by atoms with E-state index in [0.717, 1.165) is 13.0 Å². The van der Waals surface area contributed by atoms with E-state index in [-0.39, 0.29) is 0 Å². The van der Waals surface area contributed by atoms with Crippen molar-refractivity contribution in [3.8, 4) is 5.88 Å². The van der Waals surface area contributed by atoms with Gasteiger partial charge in [-0.2, -0.15) is 0 Å². The fraction of sp³-hybridized carbons (Fsp3) is 0.615. The van der Waals surface area contributed by atoms with Crippen LogP contribution in [0.25, 0.3) is 0 Å². The van der Waals surface area contributed by atoms with E-state index in [1.165, 1.54) is 5.56 Å². The minimum absolute atomic E-state index is 0.324. The first kappa shape index (κ1) is 13.9. The summed E-state index contributed by atoms with van der Waals surface area (Å²) in [6.45, 7) is 3.86. The van der Waals surface area contributed by atoms with E-state index >= 15 is 0 Å². The zero-order valence-electron chi connectivity index (χ0n) is 11.2. The van der Waals surface area contributed by atoms with E-state index in [2.05, 4.69) is 42.3 Å². The number of rotatable bonds is 7. The van der Waals surface area contributed by atoms with Gasteiger partial charge < -0.3 is 15.0 Å². The van der Waals surface area contributed by atoms with E-state index in [0.29, 0.717) is 18.5 Å². The third-order valence-electron chi connectivity index (χ3n) is 2.69. The molecule has 0 spiro atoms. The van der Waals surface area contributed by atoms with Crippen LogP contribution in [0.3, 0.4) is 0 Å². The summed E-state index contributed by atoms with van der Waals surface area (Å²) in [4.78, 5) is 6.44. The molecule has 0 radical (unpaired) electrons. The molecule has 4 nitrogen and oxygen atoms in total. The Morgan fingerprint density at radius 2 is 2.18 bits per heavy atom. The molecule has 0 bridgehead atoms. The molecule has 1 aromatic rings. The summed E-state index contributed by atoms with van der Waals surface area (Å²) in [6, 6.07) is 4.30. The number of nitrogens with one attached hydrogen (secondary N) is 1. The van der Waals surface area contributed by atoms with Crippen molar-refractivity contribution in [1.29, 1.82) is 0 Å². The second-order valence-electron chi connectivity index (χ2n) is 4.45. The minimum Gasteiger partial charge on any atom is -0.478 e. The number of pyridine rings is 1. The summed E-state index contributed by atoms with van der Waals surface area (Å²) in [6.07, 6.45) is 2.88. The molecule has 0 saturated carbocycles. The van der Waals surface area contributed by atoms with Crippen molar-refractivity contribution in [3.05, 3.63) is 23.9 Å². The Balaban J connectivity index is 2.35. The van der Waals surface area contributed by atoms with Crippen LogP contribution in [0, 0.1) is 0 Å². The van der Waals surface area contributed by atoms with Crippen LogP contribution in [0.1, 0.15) is 24.9 Å². The Bertz CT molecular complexity index is 311. The molecule has 0 aliphatic rings. The Hall–Kier alpha value is -1.13. The van der Waals surface area contributed by atoms with Gasteiger partial charge in [-0.15, -0.1) is 0 Å². The highest BCUT2D eigenvalue weighted by molar-refractivity contribution is 5.20. The molecule has 17 heavy (non-hydrogen) atoms. The molecule has 0 amide bonds. The van der Waals surface area contributed by atoms with Crippen LogP contribution in [0.15, 0.2) is 18.3 Å². The van der Waals surface area contributed by atoms with Crippen molar-refractivity contribution in [3.63, 3.8) is 0 Å². The lowest BCUT2D eigenvalue weighted by Gasteiger charge is -2.12. The largest absolute Gasteiger partial charge is 0.478 e. The van der Waals surface area contributed by atoms with Gasteiger partial charge in [-0.1, -0.05) is 6.07 Å². The van der Waals surface area contributed by atoms with Gasteiger partial charge in [0.05, 0.1) is 6.61 Å². The van der Waals surface area contributed by atoms with E-state index in [1.54, 1.807) is 0 Å². The van der Waals surface area contributed by atoms with Crippen molar-refractivity contribution in [2.45, 2.75) is 19.4 Å². The molecule has 1 heterocycles. The maximum absolute atomic E-state index is 5.57. The highest BCUT2D eigenvalue weighted by Gasteiger charge is 2.03. The van der Waals surface area contributed by atoms with E-state index in [4.69, 9.17) is 4.74 Å². The minimum atomic E-state index is 0.324. The molecule has 1 aromatic heterocycles. The van der Waals surface area contributed by atoms with Gasteiger partial charge >= 0.3 is 0 Å². The fourth-order valence-electron chi connectivity index (χ4n) is 1.46. The van der Waals surface area contributed by atoms with Crippen LogP contribution in [0.2, 0.25) is 0 Å². The summed E-state index contributed by atoms with van der Waals surface area (Å²) in [5, 5.41) is 3.18. The molecule has 1 atom stereocenters. The van der Waals surface area contributed by atoms with Crippen molar-refractivity contribution < 1.29 is 4.74 Å². The molecule has 0 saturated heterocycles. The van der Waals surface area contributed by atoms with Crippen LogP contribution in [-0.2, 0) is 0 Å².